The fraction of sp³-hybridized carbons (Fsp3) is 0.545. The van der Waals surface area contributed by atoms with Crippen LogP contribution >= 0.6 is 12.4 Å². The van der Waals surface area contributed by atoms with Gasteiger partial charge in [-0.3, -0.25) is 4.79 Å². The predicted octanol–water partition coefficient (Wildman–Crippen LogP) is 3.06. The molecule has 1 aromatic carbocycles. The Morgan fingerprint density at radius 2 is 2.00 bits per heavy atom. The van der Waals surface area contributed by atoms with Crippen LogP contribution in [0.1, 0.15) is 53.0 Å². The van der Waals surface area contributed by atoms with Crippen LogP contribution in [-0.2, 0) is 17.6 Å². The number of para-hydroxylation sites is 1. The molecule has 29 heavy (non-hydrogen) atoms. The molecule has 2 heterocycles. The zero-order valence-electron chi connectivity index (χ0n) is 17.1. The molecule has 7 heteroatoms. The van der Waals surface area contributed by atoms with Crippen LogP contribution in [0.15, 0.2) is 24.3 Å². The Morgan fingerprint density at radius 1 is 1.24 bits per heavy atom. The van der Waals surface area contributed by atoms with Crippen molar-refractivity contribution in [3.8, 4) is 5.69 Å². The van der Waals surface area contributed by atoms with Crippen molar-refractivity contribution >= 4 is 18.3 Å². The first-order valence-electron chi connectivity index (χ1n) is 10.5. The highest BCUT2D eigenvalue weighted by atomic mass is 35.5. The average Bonchev–Trinajstić information content (AvgIpc) is 3.32. The number of ether oxygens (including phenoxy) is 1. The molecule has 6 nitrogen and oxygen atoms in total. The van der Waals surface area contributed by atoms with Crippen molar-refractivity contribution in [2.24, 2.45) is 5.73 Å². The van der Waals surface area contributed by atoms with E-state index in [1.807, 2.05) is 21.7 Å². The van der Waals surface area contributed by atoms with Crippen LogP contribution in [0.4, 0.5) is 0 Å². The third-order valence-electron chi connectivity index (χ3n) is 5.91. The minimum atomic E-state index is 0. The van der Waals surface area contributed by atoms with Crippen LogP contribution in [0.3, 0.4) is 0 Å². The maximum absolute atomic E-state index is 13.2. The normalized spacial score (nSPS) is 16.6. The van der Waals surface area contributed by atoms with E-state index in [0.717, 1.165) is 62.9 Å². The van der Waals surface area contributed by atoms with E-state index < -0.39 is 0 Å². The highest BCUT2D eigenvalue weighted by Crippen LogP contribution is 2.30. The topological polar surface area (TPSA) is 73.4 Å². The summed E-state index contributed by atoms with van der Waals surface area (Å²) in [7, 11) is 0. The number of likely N-dealkylation sites (tertiary alicyclic amines) is 1. The number of carbonyl (C=O) groups is 1. The number of aromatic nitrogens is 2. The lowest BCUT2D eigenvalue weighted by atomic mass is 10.1. The molecule has 0 spiro atoms. The standard InChI is InChI=1S/C22H30N4O2.ClH/c1-16-6-2-3-8-19(16)26-20-9-4-7-18(20)21(24-26)22(27)25-13-10-17(11-14-25)28-15-5-12-23;/h2-3,6,8,17H,4-5,7,9-15,23H2,1H3;1H. The lowest BCUT2D eigenvalue weighted by molar-refractivity contribution is 0.00825. The van der Waals surface area contributed by atoms with E-state index in [9.17, 15) is 4.79 Å². The first-order valence-corrected chi connectivity index (χ1v) is 10.5. The number of benzene rings is 1. The number of hydrogen-bond acceptors (Lipinski definition) is 4. The van der Waals surface area contributed by atoms with E-state index >= 15 is 0 Å². The quantitative estimate of drug-likeness (QED) is 0.731. The third-order valence-corrected chi connectivity index (χ3v) is 5.91. The van der Waals surface area contributed by atoms with Gasteiger partial charge < -0.3 is 15.4 Å². The summed E-state index contributed by atoms with van der Waals surface area (Å²) < 4.78 is 7.88. The highest BCUT2D eigenvalue weighted by Gasteiger charge is 2.31. The molecule has 0 unspecified atom stereocenters. The van der Waals surface area contributed by atoms with Crippen molar-refractivity contribution in [3.63, 3.8) is 0 Å². The summed E-state index contributed by atoms with van der Waals surface area (Å²) in [4.78, 5) is 15.2. The van der Waals surface area contributed by atoms with Gasteiger partial charge in [0.1, 0.15) is 0 Å². The van der Waals surface area contributed by atoms with Gasteiger partial charge in [-0.2, -0.15) is 5.10 Å². The molecule has 1 fully saturated rings. The maximum atomic E-state index is 13.2. The maximum Gasteiger partial charge on any atom is 0.274 e. The van der Waals surface area contributed by atoms with Gasteiger partial charge in [-0.25, -0.2) is 4.68 Å². The van der Waals surface area contributed by atoms with Crippen LogP contribution in [0.2, 0.25) is 0 Å². The highest BCUT2D eigenvalue weighted by molar-refractivity contribution is 5.94. The van der Waals surface area contributed by atoms with E-state index in [-0.39, 0.29) is 24.4 Å². The number of rotatable bonds is 6. The molecule has 158 valence electrons. The van der Waals surface area contributed by atoms with Crippen LogP contribution in [0.25, 0.3) is 5.69 Å². The monoisotopic (exact) mass is 418 g/mol. The number of piperidine rings is 1. The molecule has 1 aromatic heterocycles. The second-order valence-electron chi connectivity index (χ2n) is 7.83. The molecule has 2 aromatic rings. The first-order chi connectivity index (χ1) is 13.7. The summed E-state index contributed by atoms with van der Waals surface area (Å²) in [6, 6.07) is 8.24. The van der Waals surface area contributed by atoms with Gasteiger partial charge in [0.2, 0.25) is 0 Å². The van der Waals surface area contributed by atoms with Gasteiger partial charge in [0.15, 0.2) is 5.69 Å². The second-order valence-corrected chi connectivity index (χ2v) is 7.83. The molecule has 4 rings (SSSR count). The Hall–Kier alpha value is -1.89. The van der Waals surface area contributed by atoms with Crippen LogP contribution in [-0.4, -0.2) is 52.9 Å². The molecule has 0 atom stereocenters. The lowest BCUT2D eigenvalue weighted by Gasteiger charge is -2.31. The summed E-state index contributed by atoms with van der Waals surface area (Å²) in [6.45, 7) is 4.93. The molecule has 2 aliphatic rings. The molecule has 0 saturated carbocycles. The predicted molar refractivity (Wildman–Crippen MR) is 116 cm³/mol. The molecule has 0 bridgehead atoms. The van der Waals surface area contributed by atoms with Gasteiger partial charge in [0.05, 0.1) is 11.8 Å². The van der Waals surface area contributed by atoms with Gasteiger partial charge in [0, 0.05) is 31.0 Å². The molecule has 1 amide bonds. The first kappa shape index (κ1) is 21.8. The zero-order valence-corrected chi connectivity index (χ0v) is 17.9. The van der Waals surface area contributed by atoms with E-state index in [1.165, 1.54) is 11.3 Å². The van der Waals surface area contributed by atoms with E-state index in [1.54, 1.807) is 0 Å². The van der Waals surface area contributed by atoms with E-state index in [0.29, 0.717) is 18.8 Å². The minimum Gasteiger partial charge on any atom is -0.378 e. The SMILES string of the molecule is Cc1ccccc1-n1nc(C(=O)N2CCC(OCCCN)CC2)c2c1CCC2.Cl. The minimum absolute atomic E-state index is 0. The van der Waals surface area contributed by atoms with Crippen LogP contribution < -0.4 is 5.73 Å². The fourth-order valence-corrected chi connectivity index (χ4v) is 4.32. The number of halogens is 1. The summed E-state index contributed by atoms with van der Waals surface area (Å²) >= 11 is 0. The summed E-state index contributed by atoms with van der Waals surface area (Å²) in [5.74, 6) is 0.0749. The number of aryl methyl sites for hydroxylation is 1. The third kappa shape index (κ3) is 4.49. The summed E-state index contributed by atoms with van der Waals surface area (Å²) in [5.41, 5.74) is 10.8. The Morgan fingerprint density at radius 3 is 2.72 bits per heavy atom. The Labute approximate surface area is 178 Å². The molecule has 1 aliphatic heterocycles. The number of carbonyl (C=O) groups excluding carboxylic acids is 1. The van der Waals surface area contributed by atoms with E-state index in [4.69, 9.17) is 15.6 Å². The van der Waals surface area contributed by atoms with Crippen molar-refractivity contribution in [2.45, 2.75) is 51.6 Å². The number of nitrogens with zero attached hydrogens (tertiary/aromatic N) is 3. The van der Waals surface area contributed by atoms with Crippen molar-refractivity contribution in [2.75, 3.05) is 26.2 Å². The number of fused-ring (bicyclic) bond motifs is 1. The van der Waals surface area contributed by atoms with Crippen LogP contribution in [0.5, 0.6) is 0 Å². The largest absolute Gasteiger partial charge is 0.378 e. The van der Waals surface area contributed by atoms with Crippen molar-refractivity contribution in [3.05, 3.63) is 46.8 Å². The molecule has 0 radical (unpaired) electrons. The van der Waals surface area contributed by atoms with Crippen LogP contribution in [0, 0.1) is 6.92 Å². The van der Waals surface area contributed by atoms with Crippen molar-refractivity contribution < 1.29 is 9.53 Å². The Bertz CT molecular complexity index is 843. The van der Waals surface area contributed by atoms with Gasteiger partial charge in [-0.05, 0) is 63.6 Å². The van der Waals surface area contributed by atoms with E-state index in [2.05, 4.69) is 19.1 Å². The zero-order chi connectivity index (χ0) is 19.5. The number of amides is 1. The van der Waals surface area contributed by atoms with Gasteiger partial charge in [0.25, 0.3) is 5.91 Å². The van der Waals surface area contributed by atoms with Crippen molar-refractivity contribution in [1.29, 1.82) is 0 Å². The molecule has 1 saturated heterocycles. The molecular formula is C22H31ClN4O2. The second kappa shape index (κ2) is 9.74. The fourth-order valence-electron chi connectivity index (χ4n) is 4.32. The average molecular weight is 419 g/mol. The lowest BCUT2D eigenvalue weighted by Crippen LogP contribution is -2.41. The van der Waals surface area contributed by atoms with Gasteiger partial charge >= 0.3 is 0 Å². The Balaban J connectivity index is 0.00000240. The van der Waals surface area contributed by atoms with Crippen molar-refractivity contribution in [1.82, 2.24) is 14.7 Å². The van der Waals surface area contributed by atoms with Gasteiger partial charge in [-0.1, -0.05) is 18.2 Å². The molecule has 1 aliphatic carbocycles. The summed E-state index contributed by atoms with van der Waals surface area (Å²) in [6.07, 6.45) is 5.93. The number of hydrogen-bond donors (Lipinski definition) is 1. The summed E-state index contributed by atoms with van der Waals surface area (Å²) in [5, 5.41) is 4.80. The smallest absolute Gasteiger partial charge is 0.274 e. The number of nitrogens with two attached hydrogens (primary N) is 1. The van der Waals surface area contributed by atoms with Gasteiger partial charge in [-0.15, -0.1) is 12.4 Å². The Kier molecular flexibility index (Phi) is 7.33. The molecule has 2 N–H and O–H groups in total. The molecular weight excluding hydrogens is 388 g/mol.